The standard InChI is InChI=1S/C36H40/c1-3-5-9-19-29-21-15-17-27-33(29)35(31-23-11-7-12-24-31)36(32-25-13-8-14-26-32)34-28-18-16-22-30(34)20-10-6-4-2/h7-8,11-18,21-28H,3-6,9-10,19-20H2,1-2H3. The highest BCUT2D eigenvalue weighted by Crippen LogP contribution is 2.39. The molecule has 0 radical (unpaired) electrons. The maximum Gasteiger partial charge on any atom is -0.00239 e. The zero-order valence-electron chi connectivity index (χ0n) is 22.0. The van der Waals surface area contributed by atoms with E-state index < -0.39 is 0 Å². The van der Waals surface area contributed by atoms with Crippen LogP contribution in [0.3, 0.4) is 0 Å². The average molecular weight is 473 g/mol. The Kier molecular flexibility index (Phi) is 9.74. The van der Waals surface area contributed by atoms with Crippen LogP contribution in [-0.4, -0.2) is 0 Å². The molecule has 0 amide bonds. The molecule has 4 aromatic carbocycles. The van der Waals surface area contributed by atoms with Crippen LogP contribution < -0.4 is 0 Å². The van der Waals surface area contributed by atoms with Gasteiger partial charge in [0.05, 0.1) is 0 Å². The third-order valence-corrected chi connectivity index (χ3v) is 7.05. The lowest BCUT2D eigenvalue weighted by molar-refractivity contribution is 0.716. The van der Waals surface area contributed by atoms with Crippen molar-refractivity contribution in [3.8, 4) is 0 Å². The molecule has 0 nitrogen and oxygen atoms in total. The molecule has 0 aromatic heterocycles. The maximum atomic E-state index is 2.34. The molecule has 184 valence electrons. The third-order valence-electron chi connectivity index (χ3n) is 7.05. The lowest BCUT2D eigenvalue weighted by atomic mass is 9.81. The molecule has 0 spiro atoms. The number of aryl methyl sites for hydroxylation is 2. The largest absolute Gasteiger partial charge is 0.0654 e. The summed E-state index contributed by atoms with van der Waals surface area (Å²) in [6.07, 6.45) is 9.69. The Hall–Kier alpha value is -3.38. The molecule has 0 aliphatic heterocycles. The fraction of sp³-hybridized carbons (Fsp3) is 0.278. The Bertz CT molecular complexity index is 1130. The fourth-order valence-electron chi connectivity index (χ4n) is 5.17. The first-order chi connectivity index (χ1) is 17.8. The Morgan fingerprint density at radius 2 is 0.778 bits per heavy atom. The lowest BCUT2D eigenvalue weighted by Gasteiger charge is -2.22. The summed E-state index contributed by atoms with van der Waals surface area (Å²) in [5.74, 6) is 0. The first-order valence-corrected chi connectivity index (χ1v) is 13.8. The van der Waals surface area contributed by atoms with E-state index in [-0.39, 0.29) is 0 Å². The smallest absolute Gasteiger partial charge is 0.00239 e. The van der Waals surface area contributed by atoms with Crippen molar-refractivity contribution in [1.82, 2.24) is 0 Å². The van der Waals surface area contributed by atoms with Gasteiger partial charge in [0.1, 0.15) is 0 Å². The highest BCUT2D eigenvalue weighted by molar-refractivity contribution is 6.05. The minimum atomic E-state index is 1.11. The molecule has 0 fully saturated rings. The predicted molar refractivity (Wildman–Crippen MR) is 157 cm³/mol. The Labute approximate surface area is 218 Å². The van der Waals surface area contributed by atoms with Crippen LogP contribution in [0.1, 0.15) is 85.8 Å². The maximum absolute atomic E-state index is 2.34. The topological polar surface area (TPSA) is 0 Å². The molecular weight excluding hydrogens is 432 g/mol. The summed E-state index contributed by atoms with van der Waals surface area (Å²) >= 11 is 0. The summed E-state index contributed by atoms with van der Waals surface area (Å²) in [7, 11) is 0. The minimum absolute atomic E-state index is 1.11. The number of benzene rings is 4. The van der Waals surface area contributed by atoms with E-state index in [9.17, 15) is 0 Å². The van der Waals surface area contributed by atoms with Gasteiger partial charge in [-0.25, -0.2) is 0 Å². The van der Waals surface area contributed by atoms with Crippen molar-refractivity contribution in [2.75, 3.05) is 0 Å². The van der Waals surface area contributed by atoms with Gasteiger partial charge in [-0.05, 0) is 70.2 Å². The molecule has 36 heavy (non-hydrogen) atoms. The summed E-state index contributed by atoms with van der Waals surface area (Å²) in [6, 6.07) is 40.2. The molecule has 0 unspecified atom stereocenters. The molecule has 0 saturated carbocycles. The molecular formula is C36H40. The van der Waals surface area contributed by atoms with E-state index in [0.29, 0.717) is 0 Å². The highest BCUT2D eigenvalue weighted by atomic mass is 14.2. The van der Waals surface area contributed by atoms with Gasteiger partial charge < -0.3 is 0 Å². The Morgan fingerprint density at radius 1 is 0.417 bits per heavy atom. The molecule has 0 N–H and O–H groups in total. The van der Waals surface area contributed by atoms with Gasteiger partial charge in [-0.1, -0.05) is 149 Å². The van der Waals surface area contributed by atoms with Crippen LogP contribution in [0.15, 0.2) is 109 Å². The SMILES string of the molecule is CCCCCc1ccccc1C(=C(c1ccccc1)c1ccccc1CCCCC)c1ccccc1. The number of rotatable bonds is 12. The quantitative estimate of drug-likeness (QED) is 0.142. The van der Waals surface area contributed by atoms with Crippen LogP contribution in [0.2, 0.25) is 0 Å². The van der Waals surface area contributed by atoms with E-state index in [1.54, 1.807) is 0 Å². The van der Waals surface area contributed by atoms with Crippen molar-refractivity contribution in [2.45, 2.75) is 65.2 Å². The second-order valence-corrected chi connectivity index (χ2v) is 9.71. The van der Waals surface area contributed by atoms with Gasteiger partial charge in [-0.2, -0.15) is 0 Å². The second-order valence-electron chi connectivity index (χ2n) is 9.71. The van der Waals surface area contributed by atoms with Crippen LogP contribution >= 0.6 is 0 Å². The molecule has 0 bridgehead atoms. The van der Waals surface area contributed by atoms with Crippen LogP contribution in [0.4, 0.5) is 0 Å². The summed E-state index contributed by atoms with van der Waals surface area (Å²) in [5.41, 5.74) is 10.9. The van der Waals surface area contributed by atoms with Gasteiger partial charge in [0.2, 0.25) is 0 Å². The van der Waals surface area contributed by atoms with E-state index in [4.69, 9.17) is 0 Å². The van der Waals surface area contributed by atoms with E-state index in [1.807, 2.05) is 0 Å². The van der Waals surface area contributed by atoms with Crippen molar-refractivity contribution >= 4 is 11.1 Å². The predicted octanol–water partition coefficient (Wildman–Crippen LogP) is 10.2. The van der Waals surface area contributed by atoms with Crippen molar-refractivity contribution in [3.05, 3.63) is 143 Å². The van der Waals surface area contributed by atoms with Crippen molar-refractivity contribution in [1.29, 1.82) is 0 Å². The van der Waals surface area contributed by atoms with Crippen LogP contribution in [-0.2, 0) is 12.8 Å². The van der Waals surface area contributed by atoms with E-state index >= 15 is 0 Å². The molecule has 0 heterocycles. The number of hydrogen-bond donors (Lipinski definition) is 0. The zero-order chi connectivity index (χ0) is 25.0. The number of hydrogen-bond acceptors (Lipinski definition) is 0. The van der Waals surface area contributed by atoms with E-state index in [2.05, 4.69) is 123 Å². The first-order valence-electron chi connectivity index (χ1n) is 13.8. The monoisotopic (exact) mass is 472 g/mol. The summed E-state index contributed by atoms with van der Waals surface area (Å²) in [4.78, 5) is 0. The van der Waals surface area contributed by atoms with Crippen LogP contribution in [0.25, 0.3) is 11.1 Å². The first kappa shape index (κ1) is 25.7. The molecule has 0 heteroatoms. The van der Waals surface area contributed by atoms with Crippen molar-refractivity contribution < 1.29 is 0 Å². The van der Waals surface area contributed by atoms with Gasteiger partial charge in [-0.3, -0.25) is 0 Å². The fourth-order valence-corrected chi connectivity index (χ4v) is 5.17. The van der Waals surface area contributed by atoms with Crippen molar-refractivity contribution in [2.24, 2.45) is 0 Å². The van der Waals surface area contributed by atoms with Gasteiger partial charge in [-0.15, -0.1) is 0 Å². The molecule has 4 rings (SSSR count). The van der Waals surface area contributed by atoms with Crippen molar-refractivity contribution in [3.63, 3.8) is 0 Å². The zero-order valence-corrected chi connectivity index (χ0v) is 22.0. The molecule has 0 aliphatic carbocycles. The number of unbranched alkanes of at least 4 members (excludes halogenated alkanes) is 4. The van der Waals surface area contributed by atoms with Gasteiger partial charge >= 0.3 is 0 Å². The molecule has 0 aliphatic rings. The van der Waals surface area contributed by atoms with E-state index in [0.717, 1.165) is 12.8 Å². The minimum Gasteiger partial charge on any atom is -0.0654 e. The summed E-state index contributed by atoms with van der Waals surface area (Å²) in [6.45, 7) is 4.56. The summed E-state index contributed by atoms with van der Waals surface area (Å²) in [5, 5.41) is 0. The lowest BCUT2D eigenvalue weighted by Crippen LogP contribution is -2.03. The highest BCUT2D eigenvalue weighted by Gasteiger charge is 2.20. The second kappa shape index (κ2) is 13.6. The van der Waals surface area contributed by atoms with Crippen LogP contribution in [0, 0.1) is 0 Å². The van der Waals surface area contributed by atoms with Crippen LogP contribution in [0.5, 0.6) is 0 Å². The Morgan fingerprint density at radius 3 is 1.17 bits per heavy atom. The van der Waals surface area contributed by atoms with E-state index in [1.165, 1.54) is 83.1 Å². The Balaban J connectivity index is 2.02. The van der Waals surface area contributed by atoms with Gasteiger partial charge in [0, 0.05) is 0 Å². The molecule has 4 aromatic rings. The summed E-state index contributed by atoms with van der Waals surface area (Å²) < 4.78 is 0. The van der Waals surface area contributed by atoms with Gasteiger partial charge in [0.25, 0.3) is 0 Å². The molecule has 0 saturated heterocycles. The van der Waals surface area contributed by atoms with Gasteiger partial charge in [0.15, 0.2) is 0 Å². The average Bonchev–Trinajstić information content (AvgIpc) is 2.94. The molecule has 0 atom stereocenters. The normalized spacial score (nSPS) is 11.8. The third kappa shape index (κ3) is 6.43.